The summed E-state index contributed by atoms with van der Waals surface area (Å²) in [6.45, 7) is 6.08. The number of rotatable bonds is 0. The van der Waals surface area contributed by atoms with E-state index in [1.54, 1.807) is 0 Å². The molecule has 0 aliphatic carbocycles. The van der Waals surface area contributed by atoms with Gasteiger partial charge in [0.05, 0.1) is 5.69 Å². The minimum absolute atomic E-state index is 0.941. The molecule has 78 valence electrons. The zero-order valence-electron chi connectivity index (χ0n) is 9.21. The third-order valence-corrected chi connectivity index (χ3v) is 2.33. The summed E-state index contributed by atoms with van der Waals surface area (Å²) in [4.78, 5) is 4.36. The van der Waals surface area contributed by atoms with Crippen molar-refractivity contribution in [2.75, 3.05) is 6.54 Å². The van der Waals surface area contributed by atoms with Gasteiger partial charge in [0, 0.05) is 12.7 Å². The summed E-state index contributed by atoms with van der Waals surface area (Å²) >= 11 is 0. The number of aromatic nitrogens is 1. The lowest BCUT2D eigenvalue weighted by Crippen LogP contribution is -2.19. The Hall–Kier alpha value is -0.890. The first-order valence-corrected chi connectivity index (χ1v) is 5.60. The molecule has 2 heterocycles. The van der Waals surface area contributed by atoms with Crippen LogP contribution in [0.25, 0.3) is 0 Å². The third-order valence-electron chi connectivity index (χ3n) is 2.33. The highest BCUT2D eigenvalue weighted by Gasteiger charge is 2.05. The first-order valence-electron chi connectivity index (χ1n) is 5.60. The molecule has 2 heteroatoms. The molecule has 2 rings (SSSR count). The van der Waals surface area contributed by atoms with Crippen molar-refractivity contribution in [3.8, 4) is 0 Å². The Balaban J connectivity index is 0.000000461. The van der Waals surface area contributed by atoms with Crippen molar-refractivity contribution in [3.63, 3.8) is 0 Å². The van der Waals surface area contributed by atoms with Crippen LogP contribution in [0, 0.1) is 0 Å². The molecule has 0 spiro atoms. The molecule has 14 heavy (non-hydrogen) atoms. The van der Waals surface area contributed by atoms with Gasteiger partial charge in [-0.2, -0.15) is 0 Å². The van der Waals surface area contributed by atoms with Crippen LogP contribution in [0.15, 0.2) is 18.3 Å². The van der Waals surface area contributed by atoms with Crippen LogP contribution in [0.4, 0.5) is 0 Å². The Bertz CT molecular complexity index is 231. The van der Waals surface area contributed by atoms with Gasteiger partial charge in [-0.25, -0.2) is 0 Å². The zero-order chi connectivity index (χ0) is 10.2. The van der Waals surface area contributed by atoms with Gasteiger partial charge in [-0.1, -0.05) is 19.9 Å². The van der Waals surface area contributed by atoms with Gasteiger partial charge in [0.25, 0.3) is 0 Å². The Labute approximate surface area is 86.8 Å². The lowest BCUT2D eigenvalue weighted by Gasteiger charge is -2.12. The predicted octanol–water partition coefficient (Wildman–Crippen LogP) is 2.53. The lowest BCUT2D eigenvalue weighted by molar-refractivity contribution is 0.589. The second-order valence-corrected chi connectivity index (χ2v) is 3.24. The fourth-order valence-electron chi connectivity index (χ4n) is 1.63. The van der Waals surface area contributed by atoms with E-state index >= 15 is 0 Å². The van der Waals surface area contributed by atoms with Crippen molar-refractivity contribution in [2.24, 2.45) is 0 Å². The molecule has 0 aromatic carbocycles. The molecule has 0 atom stereocenters. The first kappa shape index (κ1) is 11.2. The van der Waals surface area contributed by atoms with Crippen LogP contribution in [0.5, 0.6) is 0 Å². The average molecular weight is 192 g/mol. The topological polar surface area (TPSA) is 24.9 Å². The van der Waals surface area contributed by atoms with E-state index in [1.807, 2.05) is 26.1 Å². The molecule has 0 fully saturated rings. The van der Waals surface area contributed by atoms with Crippen molar-refractivity contribution in [1.82, 2.24) is 10.3 Å². The van der Waals surface area contributed by atoms with Gasteiger partial charge in [0.1, 0.15) is 0 Å². The summed E-state index contributed by atoms with van der Waals surface area (Å²) < 4.78 is 0. The first-order chi connectivity index (χ1) is 6.97. The van der Waals surface area contributed by atoms with Gasteiger partial charge in [-0.05, 0) is 37.4 Å². The van der Waals surface area contributed by atoms with Crippen LogP contribution in [0.1, 0.15) is 37.9 Å². The van der Waals surface area contributed by atoms with Crippen LogP contribution < -0.4 is 5.32 Å². The molecular formula is C12H20N2. The van der Waals surface area contributed by atoms with E-state index in [2.05, 4.69) is 16.4 Å². The van der Waals surface area contributed by atoms with Gasteiger partial charge in [-0.3, -0.25) is 4.98 Å². The number of hydrogen-bond donors (Lipinski definition) is 1. The molecule has 1 N–H and O–H groups in total. The molecule has 1 aliphatic rings. The maximum Gasteiger partial charge on any atom is 0.0573 e. The fourth-order valence-corrected chi connectivity index (χ4v) is 1.63. The molecule has 0 radical (unpaired) electrons. The minimum atomic E-state index is 0.941. The van der Waals surface area contributed by atoms with Crippen LogP contribution in [-0.2, 0) is 13.0 Å². The molecule has 2 nitrogen and oxygen atoms in total. The van der Waals surface area contributed by atoms with Crippen molar-refractivity contribution in [3.05, 3.63) is 29.6 Å². The van der Waals surface area contributed by atoms with Crippen molar-refractivity contribution in [2.45, 2.75) is 39.7 Å². The zero-order valence-corrected chi connectivity index (χ0v) is 9.21. The smallest absolute Gasteiger partial charge is 0.0573 e. The summed E-state index contributed by atoms with van der Waals surface area (Å²) in [5, 5.41) is 3.38. The number of pyridine rings is 1. The maximum absolute atomic E-state index is 4.36. The summed E-state index contributed by atoms with van der Waals surface area (Å²) in [5.41, 5.74) is 2.65. The van der Waals surface area contributed by atoms with Crippen LogP contribution in [-0.4, -0.2) is 11.5 Å². The molecule has 0 amide bonds. The van der Waals surface area contributed by atoms with Gasteiger partial charge in [-0.15, -0.1) is 0 Å². The number of nitrogens with one attached hydrogen (secondary N) is 1. The van der Waals surface area contributed by atoms with E-state index in [0.717, 1.165) is 13.1 Å². The fraction of sp³-hybridized carbons (Fsp3) is 0.583. The molecule has 0 saturated heterocycles. The molecule has 0 unspecified atom stereocenters. The molecule has 0 bridgehead atoms. The standard InChI is InChI=1S/C10H14N2.C2H6/c1-2-6-11-8-10-9(4-1)5-3-7-12-10;1-2/h3,5,7,11H,1-2,4,6,8H2;1-2H3. The monoisotopic (exact) mass is 192 g/mol. The quantitative estimate of drug-likeness (QED) is 0.683. The summed E-state index contributed by atoms with van der Waals surface area (Å²) in [5.74, 6) is 0. The second-order valence-electron chi connectivity index (χ2n) is 3.24. The second kappa shape index (κ2) is 6.55. The van der Waals surface area contributed by atoms with Gasteiger partial charge < -0.3 is 5.32 Å². The molecule has 1 aliphatic heterocycles. The average Bonchev–Trinajstić information content (AvgIpc) is 2.22. The van der Waals surface area contributed by atoms with Crippen molar-refractivity contribution >= 4 is 0 Å². The Morgan fingerprint density at radius 2 is 2.14 bits per heavy atom. The van der Waals surface area contributed by atoms with Crippen LogP contribution in [0.3, 0.4) is 0 Å². The molecule has 1 aromatic rings. The normalized spacial score (nSPS) is 15.6. The van der Waals surface area contributed by atoms with E-state index in [1.165, 1.54) is 30.5 Å². The minimum Gasteiger partial charge on any atom is -0.311 e. The lowest BCUT2D eigenvalue weighted by atomic mass is 10.0. The molecule has 0 saturated carbocycles. The van der Waals surface area contributed by atoms with E-state index in [9.17, 15) is 0 Å². The van der Waals surface area contributed by atoms with Crippen molar-refractivity contribution in [1.29, 1.82) is 0 Å². The summed E-state index contributed by atoms with van der Waals surface area (Å²) in [7, 11) is 0. The highest BCUT2D eigenvalue weighted by Crippen LogP contribution is 2.11. The van der Waals surface area contributed by atoms with Crippen LogP contribution in [0.2, 0.25) is 0 Å². The number of hydrogen-bond acceptors (Lipinski definition) is 2. The largest absolute Gasteiger partial charge is 0.311 e. The Morgan fingerprint density at radius 1 is 1.29 bits per heavy atom. The van der Waals surface area contributed by atoms with E-state index in [0.29, 0.717) is 0 Å². The van der Waals surface area contributed by atoms with E-state index in [4.69, 9.17) is 0 Å². The number of fused-ring (bicyclic) bond motifs is 1. The highest BCUT2D eigenvalue weighted by atomic mass is 14.9. The number of aryl methyl sites for hydroxylation is 1. The highest BCUT2D eigenvalue weighted by molar-refractivity contribution is 5.20. The van der Waals surface area contributed by atoms with E-state index < -0.39 is 0 Å². The van der Waals surface area contributed by atoms with Gasteiger partial charge in [0.15, 0.2) is 0 Å². The third kappa shape index (κ3) is 3.11. The van der Waals surface area contributed by atoms with Gasteiger partial charge in [0.2, 0.25) is 0 Å². The maximum atomic E-state index is 4.36. The van der Waals surface area contributed by atoms with E-state index in [-0.39, 0.29) is 0 Å². The summed E-state index contributed by atoms with van der Waals surface area (Å²) in [6.07, 6.45) is 5.65. The Morgan fingerprint density at radius 3 is 3.00 bits per heavy atom. The SMILES string of the molecule is CC.c1cnc2c(c1)CCCCNC2. The van der Waals surface area contributed by atoms with Crippen LogP contribution >= 0.6 is 0 Å². The van der Waals surface area contributed by atoms with Gasteiger partial charge >= 0.3 is 0 Å². The van der Waals surface area contributed by atoms with Crippen molar-refractivity contribution < 1.29 is 0 Å². The summed E-state index contributed by atoms with van der Waals surface area (Å²) in [6, 6.07) is 4.22. The molecular weight excluding hydrogens is 172 g/mol. The predicted molar refractivity (Wildman–Crippen MR) is 60.2 cm³/mol. The Kier molecular flexibility index (Phi) is 5.23. The number of nitrogens with zero attached hydrogens (tertiary/aromatic N) is 1. The molecule has 1 aromatic heterocycles.